The maximum absolute atomic E-state index is 11.5. The predicted octanol–water partition coefficient (Wildman–Crippen LogP) is 2.42. The van der Waals surface area contributed by atoms with Crippen LogP contribution >= 0.6 is 0 Å². The normalized spacial score (nSPS) is 10.0. The molecule has 3 heteroatoms. The average Bonchev–Trinajstić information content (AvgIpc) is 2.39. The largest absolute Gasteiger partial charge is 0.355 e. The molecule has 17 heavy (non-hydrogen) atoms. The van der Waals surface area contributed by atoms with Gasteiger partial charge in [-0.3, -0.25) is 9.78 Å². The van der Waals surface area contributed by atoms with Gasteiger partial charge < -0.3 is 5.32 Å². The Morgan fingerprint density at radius 3 is 2.47 bits per heavy atom. The third-order valence-corrected chi connectivity index (χ3v) is 2.61. The highest BCUT2D eigenvalue weighted by atomic mass is 16.1. The molecular weight excluding hydrogens is 212 g/mol. The van der Waals surface area contributed by atoms with Crippen molar-refractivity contribution in [1.29, 1.82) is 0 Å². The van der Waals surface area contributed by atoms with Gasteiger partial charge in [-0.15, -0.1) is 0 Å². The Bertz CT molecular complexity index is 532. The number of hydrogen-bond acceptors (Lipinski definition) is 2. The molecule has 2 aromatic rings. The molecule has 0 radical (unpaired) electrons. The lowest BCUT2D eigenvalue weighted by atomic mass is 10.0. The maximum atomic E-state index is 11.5. The Morgan fingerprint density at radius 2 is 1.82 bits per heavy atom. The number of aromatic nitrogens is 1. The summed E-state index contributed by atoms with van der Waals surface area (Å²) in [5.41, 5.74) is 3.80. The zero-order valence-electron chi connectivity index (χ0n) is 9.90. The van der Waals surface area contributed by atoms with E-state index in [4.69, 9.17) is 0 Å². The molecule has 0 saturated heterocycles. The molecule has 1 aromatic heterocycles. The third kappa shape index (κ3) is 2.50. The molecule has 1 heterocycles. The molecule has 0 fully saturated rings. The third-order valence-electron chi connectivity index (χ3n) is 2.61. The molecule has 1 aromatic carbocycles. The fourth-order valence-corrected chi connectivity index (χ4v) is 1.61. The summed E-state index contributed by atoms with van der Waals surface area (Å²) in [4.78, 5) is 15.6. The van der Waals surface area contributed by atoms with E-state index in [1.165, 1.54) is 5.56 Å². The first-order chi connectivity index (χ1) is 8.20. The van der Waals surface area contributed by atoms with Crippen LogP contribution in [0.2, 0.25) is 0 Å². The molecule has 2 rings (SSSR count). The zero-order valence-corrected chi connectivity index (χ0v) is 9.90. The fourth-order valence-electron chi connectivity index (χ4n) is 1.61. The lowest BCUT2D eigenvalue weighted by Gasteiger charge is -2.04. The molecule has 0 aliphatic carbocycles. The zero-order chi connectivity index (χ0) is 12.3. The molecule has 1 amide bonds. The van der Waals surface area contributed by atoms with E-state index in [2.05, 4.69) is 10.3 Å². The van der Waals surface area contributed by atoms with Crippen molar-refractivity contribution >= 4 is 5.91 Å². The van der Waals surface area contributed by atoms with Crippen LogP contribution in [0.1, 0.15) is 15.9 Å². The van der Waals surface area contributed by atoms with Crippen molar-refractivity contribution in [2.45, 2.75) is 6.92 Å². The second-order valence-corrected chi connectivity index (χ2v) is 3.91. The van der Waals surface area contributed by atoms with Gasteiger partial charge in [0.1, 0.15) is 0 Å². The number of nitrogens with one attached hydrogen (secondary N) is 1. The van der Waals surface area contributed by atoms with E-state index in [9.17, 15) is 4.79 Å². The van der Waals surface area contributed by atoms with Gasteiger partial charge in [-0.05, 0) is 18.6 Å². The van der Waals surface area contributed by atoms with Gasteiger partial charge in [-0.25, -0.2) is 0 Å². The van der Waals surface area contributed by atoms with Crippen LogP contribution in [0.5, 0.6) is 0 Å². The van der Waals surface area contributed by atoms with Gasteiger partial charge in [0.05, 0.1) is 5.56 Å². The van der Waals surface area contributed by atoms with Gasteiger partial charge in [-0.1, -0.05) is 29.8 Å². The molecule has 3 nitrogen and oxygen atoms in total. The van der Waals surface area contributed by atoms with Gasteiger partial charge in [0, 0.05) is 25.0 Å². The molecule has 0 aliphatic rings. The quantitative estimate of drug-likeness (QED) is 0.854. The summed E-state index contributed by atoms with van der Waals surface area (Å²) in [5, 5.41) is 2.59. The summed E-state index contributed by atoms with van der Waals surface area (Å²) in [6.45, 7) is 2.04. The minimum Gasteiger partial charge on any atom is -0.355 e. The highest BCUT2D eigenvalue weighted by molar-refractivity contribution is 5.94. The van der Waals surface area contributed by atoms with E-state index in [0.717, 1.165) is 11.1 Å². The number of hydrogen-bond donors (Lipinski definition) is 1. The predicted molar refractivity (Wildman–Crippen MR) is 67.8 cm³/mol. The van der Waals surface area contributed by atoms with Crippen molar-refractivity contribution in [3.63, 3.8) is 0 Å². The summed E-state index contributed by atoms with van der Waals surface area (Å²) >= 11 is 0. The Balaban J connectivity index is 2.39. The molecule has 0 unspecified atom stereocenters. The van der Waals surface area contributed by atoms with Gasteiger partial charge >= 0.3 is 0 Å². The van der Waals surface area contributed by atoms with E-state index in [1.54, 1.807) is 19.4 Å². The summed E-state index contributed by atoms with van der Waals surface area (Å²) in [6.07, 6.45) is 3.33. The number of rotatable bonds is 2. The second kappa shape index (κ2) is 4.78. The number of carbonyl (C=O) groups excluding carboxylic acids is 1. The Kier molecular flexibility index (Phi) is 3.19. The number of benzene rings is 1. The summed E-state index contributed by atoms with van der Waals surface area (Å²) < 4.78 is 0. The van der Waals surface area contributed by atoms with Crippen molar-refractivity contribution in [1.82, 2.24) is 10.3 Å². The van der Waals surface area contributed by atoms with Crippen molar-refractivity contribution in [2.24, 2.45) is 0 Å². The molecule has 0 atom stereocenters. The lowest BCUT2D eigenvalue weighted by molar-refractivity contribution is 0.0963. The van der Waals surface area contributed by atoms with Crippen LogP contribution in [-0.2, 0) is 0 Å². The van der Waals surface area contributed by atoms with Crippen LogP contribution in [0.3, 0.4) is 0 Å². The minimum absolute atomic E-state index is 0.119. The standard InChI is InChI=1S/C14H14N2O/c1-10-3-5-11(6-4-10)12-7-13(9-16-8-12)14(17)15-2/h3-9H,1-2H3,(H,15,17). The van der Waals surface area contributed by atoms with E-state index in [0.29, 0.717) is 5.56 Å². The van der Waals surface area contributed by atoms with Crippen LogP contribution < -0.4 is 5.32 Å². The first-order valence-corrected chi connectivity index (χ1v) is 5.45. The van der Waals surface area contributed by atoms with Crippen LogP contribution in [0.15, 0.2) is 42.7 Å². The highest BCUT2D eigenvalue weighted by Crippen LogP contribution is 2.19. The van der Waals surface area contributed by atoms with E-state index >= 15 is 0 Å². The SMILES string of the molecule is CNC(=O)c1cncc(-c2ccc(C)cc2)c1. The Hall–Kier alpha value is -2.16. The van der Waals surface area contributed by atoms with Gasteiger partial charge in [0.2, 0.25) is 0 Å². The molecule has 0 bridgehead atoms. The summed E-state index contributed by atoms with van der Waals surface area (Å²) in [6, 6.07) is 9.99. The first kappa shape index (κ1) is 11.3. The van der Waals surface area contributed by atoms with Gasteiger partial charge in [0.25, 0.3) is 5.91 Å². The first-order valence-electron chi connectivity index (χ1n) is 5.45. The van der Waals surface area contributed by atoms with Gasteiger partial charge in [0.15, 0.2) is 0 Å². The number of nitrogens with zero attached hydrogens (tertiary/aromatic N) is 1. The van der Waals surface area contributed by atoms with Crippen molar-refractivity contribution < 1.29 is 4.79 Å². The molecule has 0 spiro atoms. The maximum Gasteiger partial charge on any atom is 0.252 e. The number of carbonyl (C=O) groups is 1. The second-order valence-electron chi connectivity index (χ2n) is 3.91. The number of aryl methyl sites for hydroxylation is 1. The fraction of sp³-hybridized carbons (Fsp3) is 0.143. The van der Waals surface area contributed by atoms with Crippen LogP contribution in [0.4, 0.5) is 0 Å². The molecule has 86 valence electrons. The van der Waals surface area contributed by atoms with E-state index in [1.807, 2.05) is 37.3 Å². The molecular formula is C14H14N2O. The van der Waals surface area contributed by atoms with E-state index < -0.39 is 0 Å². The summed E-state index contributed by atoms with van der Waals surface area (Å²) in [5.74, 6) is -0.119. The molecule has 0 saturated carbocycles. The monoisotopic (exact) mass is 226 g/mol. The Morgan fingerprint density at radius 1 is 1.12 bits per heavy atom. The minimum atomic E-state index is -0.119. The molecule has 0 aliphatic heterocycles. The average molecular weight is 226 g/mol. The van der Waals surface area contributed by atoms with E-state index in [-0.39, 0.29) is 5.91 Å². The van der Waals surface area contributed by atoms with Gasteiger partial charge in [-0.2, -0.15) is 0 Å². The Labute approximate surface area is 101 Å². The van der Waals surface area contributed by atoms with Crippen molar-refractivity contribution in [3.8, 4) is 11.1 Å². The van der Waals surface area contributed by atoms with Crippen molar-refractivity contribution in [3.05, 3.63) is 53.9 Å². The lowest BCUT2D eigenvalue weighted by Crippen LogP contribution is -2.17. The summed E-state index contributed by atoms with van der Waals surface area (Å²) in [7, 11) is 1.61. The van der Waals surface area contributed by atoms with Crippen LogP contribution in [-0.4, -0.2) is 17.9 Å². The number of amides is 1. The topological polar surface area (TPSA) is 42.0 Å². The number of pyridine rings is 1. The van der Waals surface area contributed by atoms with Crippen molar-refractivity contribution in [2.75, 3.05) is 7.05 Å². The molecule has 1 N–H and O–H groups in total. The highest BCUT2D eigenvalue weighted by Gasteiger charge is 2.05. The smallest absolute Gasteiger partial charge is 0.252 e. The van der Waals surface area contributed by atoms with Crippen LogP contribution in [0, 0.1) is 6.92 Å². The van der Waals surface area contributed by atoms with Crippen LogP contribution in [0.25, 0.3) is 11.1 Å².